The van der Waals surface area contributed by atoms with E-state index in [-0.39, 0.29) is 18.4 Å². The van der Waals surface area contributed by atoms with Gasteiger partial charge in [-0.05, 0) is 12.8 Å². The Morgan fingerprint density at radius 3 is 3.09 bits per heavy atom. The number of nitrogens with two attached hydrogens (primary N) is 1. The van der Waals surface area contributed by atoms with E-state index < -0.39 is 0 Å². The third-order valence-electron chi connectivity index (χ3n) is 2.13. The van der Waals surface area contributed by atoms with Crippen molar-refractivity contribution in [2.24, 2.45) is 12.8 Å². The van der Waals surface area contributed by atoms with Crippen molar-refractivity contribution in [2.45, 2.75) is 18.9 Å². The predicted octanol–water partition coefficient (Wildman–Crippen LogP) is 0.788. The molecule has 62 valence electrons. The number of fused-ring (bicyclic) bond motifs is 1. The van der Waals surface area contributed by atoms with Crippen molar-refractivity contribution in [2.75, 3.05) is 0 Å². The highest BCUT2D eigenvalue weighted by atomic mass is 35.5. The Bertz CT molecular complexity index is 256. The molecule has 0 saturated carbocycles. The maximum atomic E-state index is 5.78. The quantitative estimate of drug-likeness (QED) is 0.631. The Hall–Kier alpha value is -0.540. The number of nitrogens with zero attached hydrogens (tertiary/aromatic N) is 2. The number of rotatable bonds is 0. The second kappa shape index (κ2) is 2.83. The number of hydrogen-bond donors (Lipinski definition) is 1. The van der Waals surface area contributed by atoms with Gasteiger partial charge in [0.2, 0.25) is 0 Å². The van der Waals surface area contributed by atoms with E-state index >= 15 is 0 Å². The normalized spacial score (nSPS) is 21.1. The van der Waals surface area contributed by atoms with Gasteiger partial charge in [0, 0.05) is 18.8 Å². The predicted molar refractivity (Wildman–Crippen MR) is 45.7 cm³/mol. The lowest BCUT2D eigenvalue weighted by Crippen LogP contribution is -2.05. The van der Waals surface area contributed by atoms with Gasteiger partial charge >= 0.3 is 0 Å². The van der Waals surface area contributed by atoms with E-state index in [2.05, 4.69) is 9.55 Å². The summed E-state index contributed by atoms with van der Waals surface area (Å²) in [5.74, 6) is 0. The Morgan fingerprint density at radius 1 is 1.73 bits per heavy atom. The zero-order chi connectivity index (χ0) is 7.14. The summed E-state index contributed by atoms with van der Waals surface area (Å²) in [5, 5.41) is 0. The molecule has 0 fully saturated rings. The molecule has 1 aliphatic carbocycles. The van der Waals surface area contributed by atoms with Crippen molar-refractivity contribution in [3.8, 4) is 0 Å². The molecule has 1 atom stereocenters. The molecule has 0 saturated heterocycles. The van der Waals surface area contributed by atoms with Crippen molar-refractivity contribution < 1.29 is 0 Å². The zero-order valence-corrected chi connectivity index (χ0v) is 7.27. The fraction of sp³-hybridized carbons (Fsp3) is 0.571. The number of aryl methyl sites for hydroxylation is 1. The molecule has 1 aromatic rings. The second-order valence-corrected chi connectivity index (χ2v) is 2.83. The molecule has 1 aliphatic rings. The van der Waals surface area contributed by atoms with Gasteiger partial charge in [0.15, 0.2) is 0 Å². The van der Waals surface area contributed by atoms with Crippen LogP contribution in [0.5, 0.6) is 0 Å². The fourth-order valence-electron chi connectivity index (χ4n) is 1.52. The minimum atomic E-state index is 0. The molecule has 0 aromatic carbocycles. The Balaban J connectivity index is 0.000000605. The summed E-state index contributed by atoms with van der Waals surface area (Å²) in [4.78, 5) is 4.22. The van der Waals surface area contributed by atoms with Crippen LogP contribution in [0.2, 0.25) is 0 Å². The van der Waals surface area contributed by atoms with Gasteiger partial charge in [0.05, 0.1) is 12.0 Å². The molecular weight excluding hydrogens is 162 g/mol. The molecule has 2 N–H and O–H groups in total. The van der Waals surface area contributed by atoms with Gasteiger partial charge < -0.3 is 10.3 Å². The molecule has 3 nitrogen and oxygen atoms in total. The van der Waals surface area contributed by atoms with Crippen LogP contribution in [0.25, 0.3) is 0 Å². The van der Waals surface area contributed by atoms with Gasteiger partial charge in [-0.25, -0.2) is 4.98 Å². The lowest BCUT2D eigenvalue weighted by Gasteiger charge is -1.95. The van der Waals surface area contributed by atoms with E-state index in [1.165, 1.54) is 5.69 Å². The van der Waals surface area contributed by atoms with E-state index in [1.54, 1.807) is 0 Å². The van der Waals surface area contributed by atoms with Crippen LogP contribution in [-0.4, -0.2) is 9.55 Å². The van der Waals surface area contributed by atoms with Gasteiger partial charge in [-0.3, -0.25) is 0 Å². The third kappa shape index (κ3) is 1.14. The molecule has 0 radical (unpaired) electrons. The average molecular weight is 174 g/mol. The summed E-state index contributed by atoms with van der Waals surface area (Å²) in [6.45, 7) is 0. The van der Waals surface area contributed by atoms with E-state index in [0.717, 1.165) is 18.5 Å². The molecule has 4 heteroatoms. The highest BCUT2D eigenvalue weighted by Crippen LogP contribution is 2.26. The van der Waals surface area contributed by atoms with Crippen molar-refractivity contribution in [3.05, 3.63) is 17.7 Å². The molecule has 0 amide bonds. The molecule has 0 aliphatic heterocycles. The summed E-state index contributed by atoms with van der Waals surface area (Å²) in [6, 6.07) is 0.191. The lowest BCUT2D eigenvalue weighted by molar-refractivity contribution is 0.684. The molecule has 0 spiro atoms. The molecular formula is C7H12ClN3. The van der Waals surface area contributed by atoms with E-state index in [0.29, 0.717) is 0 Å². The number of aromatic nitrogens is 2. The average Bonchev–Trinajstić information content (AvgIpc) is 2.41. The maximum absolute atomic E-state index is 5.78. The minimum absolute atomic E-state index is 0. The highest BCUT2D eigenvalue weighted by molar-refractivity contribution is 5.85. The Labute approximate surface area is 72.0 Å². The second-order valence-electron chi connectivity index (χ2n) is 2.83. The van der Waals surface area contributed by atoms with Crippen molar-refractivity contribution in [1.82, 2.24) is 9.55 Å². The fourth-order valence-corrected chi connectivity index (χ4v) is 1.52. The molecule has 2 rings (SSSR count). The maximum Gasteiger partial charge on any atom is 0.0949 e. The van der Waals surface area contributed by atoms with Crippen LogP contribution >= 0.6 is 12.4 Å². The largest absolute Gasteiger partial charge is 0.337 e. The van der Waals surface area contributed by atoms with E-state index in [1.807, 2.05) is 13.4 Å². The summed E-state index contributed by atoms with van der Waals surface area (Å²) in [5.41, 5.74) is 8.20. The van der Waals surface area contributed by atoms with Gasteiger partial charge in [-0.2, -0.15) is 0 Å². The van der Waals surface area contributed by atoms with E-state index in [9.17, 15) is 0 Å². The van der Waals surface area contributed by atoms with E-state index in [4.69, 9.17) is 5.73 Å². The van der Waals surface area contributed by atoms with Crippen LogP contribution < -0.4 is 5.73 Å². The summed E-state index contributed by atoms with van der Waals surface area (Å²) in [6.07, 6.45) is 3.99. The molecule has 1 heterocycles. The summed E-state index contributed by atoms with van der Waals surface area (Å²) < 4.78 is 2.06. The first-order chi connectivity index (χ1) is 4.79. The molecule has 1 unspecified atom stereocenters. The molecule has 11 heavy (non-hydrogen) atoms. The minimum Gasteiger partial charge on any atom is -0.337 e. The van der Waals surface area contributed by atoms with Crippen molar-refractivity contribution in [1.29, 1.82) is 0 Å². The monoisotopic (exact) mass is 173 g/mol. The number of imidazole rings is 1. The van der Waals surface area contributed by atoms with Crippen LogP contribution in [0.1, 0.15) is 23.9 Å². The first-order valence-corrected chi connectivity index (χ1v) is 3.54. The Morgan fingerprint density at radius 2 is 2.45 bits per heavy atom. The first-order valence-electron chi connectivity index (χ1n) is 3.54. The number of hydrogen-bond acceptors (Lipinski definition) is 2. The summed E-state index contributed by atoms with van der Waals surface area (Å²) >= 11 is 0. The van der Waals surface area contributed by atoms with Crippen LogP contribution in [0.15, 0.2) is 6.33 Å². The third-order valence-corrected chi connectivity index (χ3v) is 2.13. The first kappa shape index (κ1) is 8.56. The number of halogens is 1. The van der Waals surface area contributed by atoms with Gasteiger partial charge in [-0.15, -0.1) is 12.4 Å². The van der Waals surface area contributed by atoms with Crippen LogP contribution in [-0.2, 0) is 13.5 Å². The smallest absolute Gasteiger partial charge is 0.0949 e. The standard InChI is InChI=1S/C7H11N3.ClH/c1-10-4-9-7-5(8)2-3-6(7)10;/h4-5H,2-3,8H2,1H3;1H. The van der Waals surface area contributed by atoms with Gasteiger partial charge in [0.1, 0.15) is 0 Å². The molecule has 0 bridgehead atoms. The van der Waals surface area contributed by atoms with Crippen LogP contribution in [0, 0.1) is 0 Å². The topological polar surface area (TPSA) is 43.8 Å². The molecule has 1 aromatic heterocycles. The van der Waals surface area contributed by atoms with Crippen molar-refractivity contribution in [3.63, 3.8) is 0 Å². The van der Waals surface area contributed by atoms with Gasteiger partial charge in [-0.1, -0.05) is 0 Å². The van der Waals surface area contributed by atoms with Crippen LogP contribution in [0.4, 0.5) is 0 Å². The van der Waals surface area contributed by atoms with Gasteiger partial charge in [0.25, 0.3) is 0 Å². The lowest BCUT2D eigenvalue weighted by atomic mass is 10.3. The SMILES string of the molecule is Cl.Cn1cnc2c1CCC2N. The van der Waals surface area contributed by atoms with Crippen molar-refractivity contribution >= 4 is 12.4 Å². The zero-order valence-electron chi connectivity index (χ0n) is 6.45. The van der Waals surface area contributed by atoms with Crippen LogP contribution in [0.3, 0.4) is 0 Å². The summed E-state index contributed by atoms with van der Waals surface area (Å²) in [7, 11) is 2.02. The highest BCUT2D eigenvalue weighted by Gasteiger charge is 2.22. The Kier molecular flexibility index (Phi) is 2.20.